The molecule has 0 saturated heterocycles. The van der Waals surface area contributed by atoms with Crippen molar-refractivity contribution < 1.29 is 14.3 Å². The third kappa shape index (κ3) is 6.90. The fourth-order valence-corrected chi connectivity index (χ4v) is 0.804. The van der Waals surface area contributed by atoms with Crippen LogP contribution in [0.25, 0.3) is 0 Å². The van der Waals surface area contributed by atoms with Gasteiger partial charge < -0.3 is 9.53 Å². The number of rotatable bonds is 4. The van der Waals surface area contributed by atoms with E-state index in [9.17, 15) is 9.59 Å². The lowest BCUT2D eigenvalue weighted by Gasteiger charge is -2.22. The third-order valence-electron chi connectivity index (χ3n) is 1.60. The summed E-state index contributed by atoms with van der Waals surface area (Å²) in [6.45, 7) is 9.07. The summed E-state index contributed by atoms with van der Waals surface area (Å²) in [5.41, 5.74) is 4.39. The molecule has 0 aromatic carbocycles. The van der Waals surface area contributed by atoms with Gasteiger partial charge in [-0.05, 0) is 26.7 Å². The van der Waals surface area contributed by atoms with E-state index in [0.29, 0.717) is 0 Å². The van der Waals surface area contributed by atoms with Crippen LogP contribution in [0, 0.1) is 5.92 Å². The molecule has 5 heteroatoms. The van der Waals surface area contributed by atoms with Crippen molar-refractivity contribution in [2.45, 2.75) is 46.3 Å². The Bertz CT molecular complexity index is 221. The number of hydrazine groups is 1. The van der Waals surface area contributed by atoms with Crippen LogP contribution in [0.4, 0.5) is 4.79 Å². The van der Waals surface area contributed by atoms with Crippen molar-refractivity contribution in [3.05, 3.63) is 0 Å². The average molecular weight is 216 g/mol. The van der Waals surface area contributed by atoms with Crippen molar-refractivity contribution >= 4 is 12.4 Å². The summed E-state index contributed by atoms with van der Waals surface area (Å²) in [7, 11) is 0. The minimum absolute atomic E-state index is 0.109. The summed E-state index contributed by atoms with van der Waals surface area (Å²) in [5, 5.41) is 0. The normalized spacial score (nSPS) is 13.5. The Morgan fingerprint density at radius 3 is 2.20 bits per heavy atom. The van der Waals surface area contributed by atoms with Crippen LogP contribution in [0.1, 0.15) is 34.6 Å². The first kappa shape index (κ1) is 13.9. The Kier molecular flexibility index (Phi) is 5.28. The van der Waals surface area contributed by atoms with Gasteiger partial charge in [0.1, 0.15) is 11.9 Å². The van der Waals surface area contributed by atoms with Crippen LogP contribution >= 0.6 is 0 Å². The van der Waals surface area contributed by atoms with Gasteiger partial charge in [-0.2, -0.15) is 0 Å². The largest absolute Gasteiger partial charge is 0.443 e. The lowest BCUT2D eigenvalue weighted by molar-refractivity contribution is -0.110. The highest BCUT2D eigenvalue weighted by Crippen LogP contribution is 2.06. The molecule has 0 spiro atoms. The van der Waals surface area contributed by atoms with Crippen LogP contribution < -0.4 is 10.9 Å². The van der Waals surface area contributed by atoms with Gasteiger partial charge in [-0.3, -0.25) is 5.43 Å². The maximum absolute atomic E-state index is 11.2. The Hall–Kier alpha value is -1.10. The molecular weight excluding hydrogens is 196 g/mol. The molecule has 0 aromatic rings. The number of carbonyl (C=O) groups excluding carboxylic acids is 2. The first-order chi connectivity index (χ1) is 6.76. The molecule has 0 rings (SSSR count). The lowest BCUT2D eigenvalue weighted by Crippen LogP contribution is -2.49. The Morgan fingerprint density at radius 2 is 1.87 bits per heavy atom. The second-order valence-corrected chi connectivity index (χ2v) is 4.68. The van der Waals surface area contributed by atoms with Gasteiger partial charge in [0, 0.05) is 0 Å². The number of nitrogens with one attached hydrogen (secondary N) is 2. The minimum atomic E-state index is -0.588. The van der Waals surface area contributed by atoms with Gasteiger partial charge in [-0.1, -0.05) is 13.8 Å². The fraction of sp³-hybridized carbons (Fsp3) is 0.800. The molecule has 0 aliphatic carbocycles. The van der Waals surface area contributed by atoms with Crippen LogP contribution in [-0.4, -0.2) is 24.0 Å². The zero-order valence-corrected chi connectivity index (χ0v) is 9.96. The van der Waals surface area contributed by atoms with E-state index in [1.807, 2.05) is 13.8 Å². The van der Waals surface area contributed by atoms with E-state index in [-0.39, 0.29) is 5.92 Å². The Labute approximate surface area is 90.5 Å². The molecule has 5 nitrogen and oxygen atoms in total. The van der Waals surface area contributed by atoms with E-state index in [1.165, 1.54) is 0 Å². The van der Waals surface area contributed by atoms with Crippen LogP contribution in [0.2, 0.25) is 0 Å². The molecule has 0 aliphatic heterocycles. The van der Waals surface area contributed by atoms with E-state index in [1.54, 1.807) is 20.8 Å². The summed E-state index contributed by atoms with van der Waals surface area (Å²) >= 11 is 0. The van der Waals surface area contributed by atoms with Gasteiger partial charge in [0.2, 0.25) is 0 Å². The van der Waals surface area contributed by atoms with Gasteiger partial charge in [-0.25, -0.2) is 10.2 Å². The minimum Gasteiger partial charge on any atom is -0.443 e. The molecule has 0 fully saturated rings. The summed E-state index contributed by atoms with van der Waals surface area (Å²) in [6.07, 6.45) is 0.164. The predicted octanol–water partition coefficient (Wildman–Crippen LogP) is 1.24. The predicted molar refractivity (Wildman–Crippen MR) is 57.2 cm³/mol. The van der Waals surface area contributed by atoms with Crippen molar-refractivity contribution in [1.82, 2.24) is 10.9 Å². The first-order valence-corrected chi connectivity index (χ1v) is 4.96. The fourth-order valence-electron chi connectivity index (χ4n) is 0.804. The quantitative estimate of drug-likeness (QED) is 0.548. The molecular formula is C10H20N2O3. The first-order valence-electron chi connectivity index (χ1n) is 4.96. The number of hydrogen-bond donors (Lipinski definition) is 2. The second kappa shape index (κ2) is 5.70. The number of amides is 1. The Balaban J connectivity index is 3.94. The second-order valence-electron chi connectivity index (χ2n) is 4.68. The van der Waals surface area contributed by atoms with Crippen molar-refractivity contribution in [3.63, 3.8) is 0 Å². The van der Waals surface area contributed by atoms with Crippen LogP contribution in [0.15, 0.2) is 0 Å². The topological polar surface area (TPSA) is 67.4 Å². The molecule has 0 bridgehead atoms. The Morgan fingerprint density at radius 1 is 1.33 bits per heavy atom. The SMILES string of the molecule is CC(C)[C@@H](C=O)NNC(=O)OC(C)(C)C. The molecule has 0 aliphatic rings. The standard InChI is InChI=1S/C10H20N2O3/c1-7(2)8(6-13)11-12-9(14)15-10(3,4)5/h6-8,11H,1-5H3,(H,12,14)/t8-/m1/s1. The van der Waals surface area contributed by atoms with Crippen molar-refractivity contribution in [1.29, 1.82) is 0 Å². The van der Waals surface area contributed by atoms with Crippen LogP contribution in [0.5, 0.6) is 0 Å². The van der Waals surface area contributed by atoms with Gasteiger partial charge in [0.25, 0.3) is 0 Å². The number of ether oxygens (including phenoxy) is 1. The maximum atomic E-state index is 11.2. The highest BCUT2D eigenvalue weighted by molar-refractivity contribution is 5.68. The average Bonchev–Trinajstić information content (AvgIpc) is 2.01. The molecule has 1 atom stereocenters. The smallest absolute Gasteiger partial charge is 0.422 e. The zero-order valence-electron chi connectivity index (χ0n) is 9.96. The van der Waals surface area contributed by atoms with Crippen LogP contribution in [0.3, 0.4) is 0 Å². The molecule has 0 heterocycles. The van der Waals surface area contributed by atoms with Crippen molar-refractivity contribution in [2.24, 2.45) is 5.92 Å². The van der Waals surface area contributed by atoms with Crippen molar-refractivity contribution in [3.8, 4) is 0 Å². The van der Waals surface area contributed by atoms with E-state index >= 15 is 0 Å². The number of carbonyl (C=O) groups is 2. The number of hydrogen-bond acceptors (Lipinski definition) is 4. The molecule has 0 saturated carbocycles. The third-order valence-corrected chi connectivity index (χ3v) is 1.60. The van der Waals surface area contributed by atoms with Crippen LogP contribution in [-0.2, 0) is 9.53 Å². The summed E-state index contributed by atoms with van der Waals surface area (Å²) in [4.78, 5) is 21.8. The summed E-state index contributed by atoms with van der Waals surface area (Å²) in [5.74, 6) is 0.109. The molecule has 2 N–H and O–H groups in total. The molecule has 0 aromatic heterocycles. The highest BCUT2D eigenvalue weighted by Gasteiger charge is 2.17. The van der Waals surface area contributed by atoms with Gasteiger partial charge >= 0.3 is 6.09 Å². The van der Waals surface area contributed by atoms with Crippen molar-refractivity contribution in [2.75, 3.05) is 0 Å². The summed E-state index contributed by atoms with van der Waals surface area (Å²) < 4.78 is 4.98. The molecule has 88 valence electrons. The van der Waals surface area contributed by atoms with Gasteiger partial charge in [0.15, 0.2) is 0 Å². The number of aldehydes is 1. The summed E-state index contributed by atoms with van der Waals surface area (Å²) in [6, 6.07) is -0.405. The monoisotopic (exact) mass is 216 g/mol. The zero-order chi connectivity index (χ0) is 12.1. The molecule has 0 radical (unpaired) electrons. The van der Waals surface area contributed by atoms with E-state index in [2.05, 4.69) is 10.9 Å². The van der Waals surface area contributed by atoms with E-state index in [0.717, 1.165) is 6.29 Å². The molecule has 1 amide bonds. The molecule has 0 unspecified atom stereocenters. The highest BCUT2D eigenvalue weighted by atomic mass is 16.6. The van der Waals surface area contributed by atoms with E-state index in [4.69, 9.17) is 4.74 Å². The van der Waals surface area contributed by atoms with E-state index < -0.39 is 17.7 Å². The van der Waals surface area contributed by atoms with Gasteiger partial charge in [-0.15, -0.1) is 0 Å². The lowest BCUT2D eigenvalue weighted by atomic mass is 10.1. The maximum Gasteiger partial charge on any atom is 0.422 e. The molecule has 15 heavy (non-hydrogen) atoms. The van der Waals surface area contributed by atoms with Gasteiger partial charge in [0.05, 0.1) is 6.04 Å².